The van der Waals surface area contributed by atoms with Crippen LogP contribution in [-0.4, -0.2) is 60.9 Å². The normalized spacial score (nSPS) is 21.6. The van der Waals surface area contributed by atoms with Crippen LogP contribution >= 0.6 is 34.9 Å². The van der Waals surface area contributed by atoms with E-state index in [2.05, 4.69) is 15.5 Å². The first-order chi connectivity index (χ1) is 13.4. The molecule has 28 heavy (non-hydrogen) atoms. The molecule has 1 aromatic heterocycles. The Morgan fingerprint density at radius 2 is 2.07 bits per heavy atom. The molecule has 0 unspecified atom stereocenters. The second-order valence-electron chi connectivity index (χ2n) is 6.54. The van der Waals surface area contributed by atoms with Crippen LogP contribution in [0.2, 0.25) is 0 Å². The van der Waals surface area contributed by atoms with Crippen LogP contribution in [0.15, 0.2) is 15.6 Å². The molecule has 0 bridgehead atoms. The summed E-state index contributed by atoms with van der Waals surface area (Å²) >= 11 is 4.36. The monoisotopic (exact) mass is 442 g/mol. The van der Waals surface area contributed by atoms with Crippen molar-refractivity contribution in [2.75, 3.05) is 11.5 Å². The van der Waals surface area contributed by atoms with Gasteiger partial charge in [0.05, 0.1) is 0 Å². The summed E-state index contributed by atoms with van der Waals surface area (Å²) in [4.78, 5) is 38.2. The van der Waals surface area contributed by atoms with Crippen molar-refractivity contribution in [2.45, 2.75) is 49.4 Å². The van der Waals surface area contributed by atoms with Gasteiger partial charge in [-0.2, -0.15) is 0 Å². The van der Waals surface area contributed by atoms with E-state index >= 15 is 0 Å². The van der Waals surface area contributed by atoms with E-state index in [1.165, 1.54) is 39.8 Å². The van der Waals surface area contributed by atoms with Gasteiger partial charge in [-0.3, -0.25) is 14.5 Å². The van der Waals surface area contributed by atoms with Crippen molar-refractivity contribution in [2.24, 2.45) is 5.92 Å². The van der Waals surface area contributed by atoms with Crippen LogP contribution in [0.1, 0.15) is 31.7 Å². The van der Waals surface area contributed by atoms with Gasteiger partial charge < -0.3 is 10.4 Å². The maximum Gasteiger partial charge on any atom is 0.352 e. The smallest absolute Gasteiger partial charge is 0.352 e. The minimum Gasteiger partial charge on any atom is -0.477 e. The summed E-state index contributed by atoms with van der Waals surface area (Å²) in [7, 11) is 0. The molecule has 3 heterocycles. The quantitative estimate of drug-likeness (QED) is 0.465. The molecule has 1 fully saturated rings. The molecule has 0 aromatic carbocycles. The minimum absolute atomic E-state index is 0.0375. The molecule has 0 saturated carbocycles. The zero-order valence-electron chi connectivity index (χ0n) is 15.8. The van der Waals surface area contributed by atoms with E-state index in [4.69, 9.17) is 0 Å². The van der Waals surface area contributed by atoms with E-state index in [9.17, 15) is 19.5 Å². The van der Waals surface area contributed by atoms with Crippen LogP contribution in [0.5, 0.6) is 0 Å². The molecule has 2 aliphatic rings. The Bertz CT molecular complexity index is 821. The third-order valence-electron chi connectivity index (χ3n) is 4.78. The number of aliphatic carboxylic acids is 1. The standard InChI is InChI=1S/C17H22N4O4S3/c1-4-9(5-2)13(22)18-11-14(23)21-12(16(24)25)10(6-26-15(11)21)7-27-17-20-19-8(3)28-17/h9,11,15H,4-7H2,1-3H3,(H,18,22)(H,24,25)/t11-,15+/m1/s1. The first-order valence-corrected chi connectivity index (χ1v) is 11.9. The summed E-state index contributed by atoms with van der Waals surface area (Å²) in [5.74, 6) is -0.816. The number of aromatic nitrogens is 2. The van der Waals surface area contributed by atoms with Crippen molar-refractivity contribution in [3.05, 3.63) is 16.3 Å². The number of carboxylic acid groups (broad SMARTS) is 1. The SMILES string of the molecule is CCC(CC)C(=O)N[C@@H]1C(=O)N2C(C(=O)O)=C(CSc3nnc(C)s3)CS[C@@H]12. The van der Waals surface area contributed by atoms with Crippen LogP contribution in [0.25, 0.3) is 0 Å². The molecule has 152 valence electrons. The average molecular weight is 443 g/mol. The molecule has 0 radical (unpaired) electrons. The predicted octanol–water partition coefficient (Wildman–Crippen LogP) is 2.11. The van der Waals surface area contributed by atoms with Crippen LogP contribution in [0, 0.1) is 12.8 Å². The summed E-state index contributed by atoms with van der Waals surface area (Å²) in [6, 6.07) is -0.660. The number of amides is 2. The molecule has 2 atom stereocenters. The largest absolute Gasteiger partial charge is 0.477 e. The number of carbonyl (C=O) groups is 3. The van der Waals surface area contributed by atoms with Crippen molar-refractivity contribution < 1.29 is 19.5 Å². The Hall–Kier alpha value is -1.59. The van der Waals surface area contributed by atoms with Gasteiger partial charge in [-0.1, -0.05) is 36.9 Å². The van der Waals surface area contributed by atoms with Crippen molar-refractivity contribution in [1.82, 2.24) is 20.4 Å². The van der Waals surface area contributed by atoms with Gasteiger partial charge in [-0.15, -0.1) is 22.0 Å². The summed E-state index contributed by atoms with van der Waals surface area (Å²) in [5.41, 5.74) is 0.722. The average Bonchev–Trinajstić information content (AvgIpc) is 3.09. The Balaban J connectivity index is 1.72. The number of fused-ring (bicyclic) bond motifs is 1. The lowest BCUT2D eigenvalue weighted by Gasteiger charge is -2.49. The summed E-state index contributed by atoms with van der Waals surface area (Å²) in [5, 5.41) is 21.0. The molecule has 3 rings (SSSR count). The number of β-lactam (4-membered cyclic amide) rings is 1. The van der Waals surface area contributed by atoms with Crippen molar-refractivity contribution in [3.8, 4) is 0 Å². The maximum absolute atomic E-state index is 12.6. The maximum atomic E-state index is 12.6. The minimum atomic E-state index is -1.12. The molecule has 1 saturated heterocycles. The zero-order valence-corrected chi connectivity index (χ0v) is 18.2. The fraction of sp³-hybridized carbons (Fsp3) is 0.588. The number of hydrogen-bond donors (Lipinski definition) is 2. The summed E-state index contributed by atoms with van der Waals surface area (Å²) in [6.45, 7) is 5.74. The lowest BCUT2D eigenvalue weighted by atomic mass is 9.99. The second kappa shape index (κ2) is 8.83. The second-order valence-corrected chi connectivity index (χ2v) is 10.1. The molecule has 2 N–H and O–H groups in total. The number of nitrogens with zero attached hydrogens (tertiary/aromatic N) is 3. The van der Waals surface area contributed by atoms with Crippen LogP contribution in [0.4, 0.5) is 0 Å². The van der Waals surface area contributed by atoms with E-state index in [1.54, 1.807) is 0 Å². The predicted molar refractivity (Wildman–Crippen MR) is 109 cm³/mol. The molecule has 2 amide bonds. The van der Waals surface area contributed by atoms with Crippen molar-refractivity contribution >= 4 is 52.6 Å². The van der Waals surface area contributed by atoms with Gasteiger partial charge in [0.2, 0.25) is 5.91 Å². The molecular formula is C17H22N4O4S3. The third-order valence-corrected chi connectivity index (χ3v) is 8.18. The van der Waals surface area contributed by atoms with E-state index in [1.807, 2.05) is 20.8 Å². The Labute approximate surface area is 175 Å². The first-order valence-electron chi connectivity index (χ1n) is 9.00. The first kappa shape index (κ1) is 21.1. The van der Waals surface area contributed by atoms with Gasteiger partial charge in [0.25, 0.3) is 5.91 Å². The number of carbonyl (C=O) groups excluding carboxylic acids is 2. The number of nitrogens with one attached hydrogen (secondary N) is 1. The third kappa shape index (κ3) is 4.06. The Kier molecular flexibility index (Phi) is 6.66. The molecule has 8 nitrogen and oxygen atoms in total. The summed E-state index contributed by atoms with van der Waals surface area (Å²) < 4.78 is 0.770. The molecule has 11 heteroatoms. The highest BCUT2D eigenvalue weighted by atomic mass is 32.2. The van der Waals surface area contributed by atoms with Gasteiger partial charge in [-0.25, -0.2) is 4.79 Å². The van der Waals surface area contributed by atoms with Crippen LogP contribution in [0.3, 0.4) is 0 Å². The number of hydrogen-bond acceptors (Lipinski definition) is 8. The molecular weight excluding hydrogens is 420 g/mol. The lowest BCUT2D eigenvalue weighted by molar-refractivity contribution is -0.151. The highest BCUT2D eigenvalue weighted by Crippen LogP contribution is 2.41. The Morgan fingerprint density at radius 3 is 2.64 bits per heavy atom. The van der Waals surface area contributed by atoms with Crippen LogP contribution in [-0.2, 0) is 14.4 Å². The summed E-state index contributed by atoms with van der Waals surface area (Å²) in [6.07, 6.45) is 1.41. The molecule has 1 aromatic rings. The molecule has 0 aliphatic carbocycles. The zero-order chi connectivity index (χ0) is 20.4. The Morgan fingerprint density at radius 1 is 1.36 bits per heavy atom. The highest BCUT2D eigenvalue weighted by molar-refractivity contribution is 8.01. The van der Waals surface area contributed by atoms with E-state index in [0.717, 1.165) is 9.35 Å². The number of carboxylic acids is 1. The van der Waals surface area contributed by atoms with Gasteiger partial charge >= 0.3 is 5.97 Å². The topological polar surface area (TPSA) is 112 Å². The number of aryl methyl sites for hydroxylation is 1. The van der Waals surface area contributed by atoms with E-state index in [-0.39, 0.29) is 28.8 Å². The number of thioether (sulfide) groups is 2. The van der Waals surface area contributed by atoms with E-state index < -0.39 is 12.0 Å². The van der Waals surface area contributed by atoms with E-state index in [0.29, 0.717) is 29.9 Å². The van der Waals surface area contributed by atoms with Gasteiger partial charge in [0, 0.05) is 17.4 Å². The van der Waals surface area contributed by atoms with Gasteiger partial charge in [0.15, 0.2) is 4.34 Å². The molecule has 0 spiro atoms. The van der Waals surface area contributed by atoms with Crippen molar-refractivity contribution in [3.63, 3.8) is 0 Å². The van der Waals surface area contributed by atoms with Crippen LogP contribution < -0.4 is 5.32 Å². The lowest BCUT2D eigenvalue weighted by Crippen LogP contribution is -2.71. The van der Waals surface area contributed by atoms with Gasteiger partial charge in [-0.05, 0) is 25.3 Å². The van der Waals surface area contributed by atoms with Crippen molar-refractivity contribution in [1.29, 1.82) is 0 Å². The highest BCUT2D eigenvalue weighted by Gasteiger charge is 2.54. The van der Waals surface area contributed by atoms with Gasteiger partial charge in [0.1, 0.15) is 22.1 Å². The fourth-order valence-corrected chi connectivity index (χ4v) is 6.51. The fourth-order valence-electron chi connectivity index (χ4n) is 3.21. The molecule has 2 aliphatic heterocycles. The number of rotatable bonds is 8.